The van der Waals surface area contributed by atoms with Gasteiger partial charge in [0.25, 0.3) is 0 Å². The number of hydrogen-bond donors (Lipinski definition) is 1. The fourth-order valence-corrected chi connectivity index (χ4v) is 1.39. The van der Waals surface area contributed by atoms with Crippen molar-refractivity contribution in [2.75, 3.05) is 13.2 Å². The molecule has 0 aromatic heterocycles. The molecule has 0 spiro atoms. The van der Waals surface area contributed by atoms with Crippen LogP contribution in [-0.2, 0) is 4.74 Å². The molecule has 0 radical (unpaired) electrons. The molecule has 1 unspecified atom stereocenters. The van der Waals surface area contributed by atoms with Gasteiger partial charge in [0.1, 0.15) is 6.61 Å². The van der Waals surface area contributed by atoms with Crippen LogP contribution in [0.5, 0.6) is 0 Å². The third-order valence-electron chi connectivity index (χ3n) is 2.34. The molecule has 0 aliphatic rings. The minimum absolute atomic E-state index is 0.240. The van der Waals surface area contributed by atoms with Crippen molar-refractivity contribution in [3.05, 3.63) is 0 Å². The molecule has 2 nitrogen and oxygen atoms in total. The van der Waals surface area contributed by atoms with E-state index in [1.54, 1.807) is 0 Å². The minimum Gasteiger partial charge on any atom is -0.391 e. The summed E-state index contributed by atoms with van der Waals surface area (Å²) < 4.78 is 39.5. The quantitative estimate of drug-likeness (QED) is 0.726. The fourth-order valence-electron chi connectivity index (χ4n) is 1.39. The standard InChI is InChI=1S/C10H19F3O2/c1-3-8(4-2)5-9(14)6-15-7-10(11,12)13/h8-9,14H,3-7H2,1-2H3. The third-order valence-corrected chi connectivity index (χ3v) is 2.34. The highest BCUT2D eigenvalue weighted by Gasteiger charge is 2.27. The number of alkyl halides is 3. The number of rotatable bonds is 7. The van der Waals surface area contributed by atoms with Crippen molar-refractivity contribution in [3.63, 3.8) is 0 Å². The molecule has 0 rings (SSSR count). The van der Waals surface area contributed by atoms with E-state index in [0.717, 1.165) is 12.8 Å². The van der Waals surface area contributed by atoms with Gasteiger partial charge in [0.2, 0.25) is 0 Å². The molecular weight excluding hydrogens is 209 g/mol. The number of ether oxygens (including phenoxy) is 1. The lowest BCUT2D eigenvalue weighted by Crippen LogP contribution is -2.24. The van der Waals surface area contributed by atoms with E-state index < -0.39 is 18.9 Å². The van der Waals surface area contributed by atoms with Gasteiger partial charge in [0.05, 0.1) is 12.7 Å². The van der Waals surface area contributed by atoms with Crippen LogP contribution in [0.4, 0.5) is 13.2 Å². The van der Waals surface area contributed by atoms with Crippen molar-refractivity contribution in [2.45, 2.75) is 45.4 Å². The SMILES string of the molecule is CCC(CC)CC(O)COCC(F)(F)F. The van der Waals surface area contributed by atoms with Crippen LogP contribution in [0.2, 0.25) is 0 Å². The van der Waals surface area contributed by atoms with Crippen LogP contribution in [0.25, 0.3) is 0 Å². The van der Waals surface area contributed by atoms with Gasteiger partial charge < -0.3 is 9.84 Å². The maximum absolute atomic E-state index is 11.7. The molecule has 1 atom stereocenters. The summed E-state index contributed by atoms with van der Waals surface area (Å²) in [5, 5.41) is 9.39. The Balaban J connectivity index is 3.61. The summed E-state index contributed by atoms with van der Waals surface area (Å²) in [6.45, 7) is 2.47. The second-order valence-corrected chi connectivity index (χ2v) is 3.70. The maximum Gasteiger partial charge on any atom is 0.411 e. The molecule has 0 saturated carbocycles. The van der Waals surface area contributed by atoms with Gasteiger partial charge in [-0.05, 0) is 12.3 Å². The van der Waals surface area contributed by atoms with Crippen molar-refractivity contribution < 1.29 is 23.0 Å². The Morgan fingerprint density at radius 2 is 1.73 bits per heavy atom. The van der Waals surface area contributed by atoms with Gasteiger partial charge in [-0.15, -0.1) is 0 Å². The lowest BCUT2D eigenvalue weighted by Gasteiger charge is -2.17. The fraction of sp³-hybridized carbons (Fsp3) is 1.00. The molecule has 0 heterocycles. The Labute approximate surface area is 88.4 Å². The summed E-state index contributed by atoms with van der Waals surface area (Å²) in [4.78, 5) is 0. The van der Waals surface area contributed by atoms with E-state index in [2.05, 4.69) is 4.74 Å². The largest absolute Gasteiger partial charge is 0.411 e. The highest BCUT2D eigenvalue weighted by Crippen LogP contribution is 2.17. The first-order chi connectivity index (χ1) is 6.89. The minimum atomic E-state index is -4.31. The van der Waals surface area contributed by atoms with Crippen molar-refractivity contribution in [2.24, 2.45) is 5.92 Å². The molecule has 15 heavy (non-hydrogen) atoms. The van der Waals surface area contributed by atoms with E-state index >= 15 is 0 Å². The van der Waals surface area contributed by atoms with Gasteiger partial charge in [0.15, 0.2) is 0 Å². The maximum atomic E-state index is 11.7. The molecule has 0 aliphatic carbocycles. The topological polar surface area (TPSA) is 29.5 Å². The highest BCUT2D eigenvalue weighted by atomic mass is 19.4. The van der Waals surface area contributed by atoms with Gasteiger partial charge in [-0.25, -0.2) is 0 Å². The Kier molecular flexibility index (Phi) is 6.92. The zero-order chi connectivity index (χ0) is 11.9. The molecule has 0 amide bonds. The van der Waals surface area contributed by atoms with Crippen LogP contribution >= 0.6 is 0 Å². The van der Waals surface area contributed by atoms with E-state index in [4.69, 9.17) is 0 Å². The lowest BCUT2D eigenvalue weighted by molar-refractivity contribution is -0.179. The zero-order valence-electron chi connectivity index (χ0n) is 9.18. The summed E-state index contributed by atoms with van der Waals surface area (Å²) in [6.07, 6.45) is -2.75. The van der Waals surface area contributed by atoms with E-state index in [9.17, 15) is 18.3 Å². The molecule has 0 aromatic carbocycles. The molecule has 92 valence electrons. The number of hydrogen-bond acceptors (Lipinski definition) is 2. The Morgan fingerprint density at radius 1 is 1.20 bits per heavy atom. The Morgan fingerprint density at radius 3 is 2.13 bits per heavy atom. The summed E-state index contributed by atoms with van der Waals surface area (Å²) in [7, 11) is 0. The Hall–Kier alpha value is -0.290. The van der Waals surface area contributed by atoms with Crippen molar-refractivity contribution in [3.8, 4) is 0 Å². The molecule has 1 N–H and O–H groups in total. The number of aliphatic hydroxyl groups excluding tert-OH is 1. The molecule has 0 saturated heterocycles. The second-order valence-electron chi connectivity index (χ2n) is 3.70. The first kappa shape index (κ1) is 14.7. The molecule has 0 bridgehead atoms. The molecule has 0 aromatic rings. The molecular formula is C10H19F3O2. The first-order valence-corrected chi connectivity index (χ1v) is 5.21. The summed E-state index contributed by atoms with van der Waals surface area (Å²) in [6, 6.07) is 0. The van der Waals surface area contributed by atoms with Gasteiger partial charge in [0, 0.05) is 0 Å². The number of aliphatic hydroxyl groups is 1. The monoisotopic (exact) mass is 228 g/mol. The number of halogens is 3. The van der Waals surface area contributed by atoms with E-state index in [1.807, 2.05) is 13.8 Å². The van der Waals surface area contributed by atoms with Crippen LogP contribution in [0, 0.1) is 5.92 Å². The van der Waals surface area contributed by atoms with Crippen molar-refractivity contribution in [1.82, 2.24) is 0 Å². The average Bonchev–Trinajstić information content (AvgIpc) is 2.12. The predicted octanol–water partition coefficient (Wildman–Crippen LogP) is 2.75. The average molecular weight is 228 g/mol. The van der Waals surface area contributed by atoms with Gasteiger partial charge in [-0.3, -0.25) is 0 Å². The van der Waals surface area contributed by atoms with Gasteiger partial charge in [-0.1, -0.05) is 26.7 Å². The summed E-state index contributed by atoms with van der Waals surface area (Å²) in [5.41, 5.74) is 0. The smallest absolute Gasteiger partial charge is 0.391 e. The second kappa shape index (κ2) is 7.06. The Bertz CT molecular complexity index is 155. The normalized spacial score (nSPS) is 14.6. The highest BCUT2D eigenvalue weighted by molar-refractivity contribution is 4.62. The van der Waals surface area contributed by atoms with Gasteiger partial charge >= 0.3 is 6.18 Å². The van der Waals surface area contributed by atoms with Crippen molar-refractivity contribution >= 4 is 0 Å². The van der Waals surface area contributed by atoms with E-state index in [1.165, 1.54) is 0 Å². The van der Waals surface area contributed by atoms with Crippen LogP contribution < -0.4 is 0 Å². The van der Waals surface area contributed by atoms with Crippen LogP contribution in [0.15, 0.2) is 0 Å². The predicted molar refractivity (Wildman–Crippen MR) is 51.6 cm³/mol. The summed E-state index contributed by atoms with van der Waals surface area (Å²) in [5.74, 6) is 0.356. The molecule has 0 fully saturated rings. The van der Waals surface area contributed by atoms with Crippen LogP contribution in [0.3, 0.4) is 0 Å². The third kappa shape index (κ3) is 8.69. The van der Waals surface area contributed by atoms with E-state index in [-0.39, 0.29) is 6.61 Å². The van der Waals surface area contributed by atoms with Crippen LogP contribution in [-0.4, -0.2) is 30.6 Å². The molecule has 0 aliphatic heterocycles. The van der Waals surface area contributed by atoms with Crippen LogP contribution in [0.1, 0.15) is 33.1 Å². The summed E-state index contributed by atoms with van der Waals surface area (Å²) >= 11 is 0. The zero-order valence-corrected chi connectivity index (χ0v) is 9.18. The lowest BCUT2D eigenvalue weighted by atomic mass is 9.96. The van der Waals surface area contributed by atoms with Crippen molar-refractivity contribution in [1.29, 1.82) is 0 Å². The van der Waals surface area contributed by atoms with E-state index in [0.29, 0.717) is 12.3 Å². The van der Waals surface area contributed by atoms with Gasteiger partial charge in [-0.2, -0.15) is 13.2 Å². The first-order valence-electron chi connectivity index (χ1n) is 5.21. The molecule has 5 heteroatoms.